The first-order valence-corrected chi connectivity index (χ1v) is 4.99. The Morgan fingerprint density at radius 2 is 2.29 bits per heavy atom. The maximum Gasteiger partial charge on any atom is 0.256 e. The monoisotopic (exact) mass is 235 g/mol. The molecule has 1 heterocycles. The summed E-state index contributed by atoms with van der Waals surface area (Å²) in [6.45, 7) is 3.65. The Labute approximate surface area is 92.4 Å². The van der Waals surface area contributed by atoms with Crippen molar-refractivity contribution in [3.8, 4) is 0 Å². The number of nitrogens with one attached hydrogen (secondary N) is 1. The second kappa shape index (κ2) is 4.24. The highest BCUT2D eigenvalue weighted by molar-refractivity contribution is 6.32. The minimum absolute atomic E-state index is 0.0906. The van der Waals surface area contributed by atoms with E-state index in [2.05, 4.69) is 5.32 Å². The van der Waals surface area contributed by atoms with Crippen molar-refractivity contribution in [2.24, 2.45) is 0 Å². The van der Waals surface area contributed by atoms with Gasteiger partial charge < -0.3 is 9.73 Å². The molecule has 0 aromatic carbocycles. The molecule has 3 nitrogen and oxygen atoms in total. The van der Waals surface area contributed by atoms with Crippen LogP contribution in [0.5, 0.6) is 0 Å². The Kier molecular flexibility index (Phi) is 3.45. The third-order valence-electron chi connectivity index (χ3n) is 1.65. The van der Waals surface area contributed by atoms with Crippen molar-refractivity contribution in [1.82, 2.24) is 5.32 Å². The van der Waals surface area contributed by atoms with Crippen LogP contribution in [0.15, 0.2) is 16.7 Å². The van der Waals surface area contributed by atoms with Crippen molar-refractivity contribution < 1.29 is 9.21 Å². The molecule has 5 heteroatoms. The zero-order valence-corrected chi connectivity index (χ0v) is 9.45. The summed E-state index contributed by atoms with van der Waals surface area (Å²) in [4.78, 5) is 11.6. The van der Waals surface area contributed by atoms with Crippen LogP contribution in [-0.2, 0) is 0 Å². The van der Waals surface area contributed by atoms with Crippen LogP contribution in [0.4, 0.5) is 0 Å². The molecule has 0 atom stereocenters. The molecule has 0 saturated carbocycles. The fraction of sp³-hybridized carbons (Fsp3) is 0.444. The van der Waals surface area contributed by atoms with Crippen LogP contribution in [-0.4, -0.2) is 17.3 Å². The minimum Gasteiger partial charge on any atom is -0.452 e. The fourth-order valence-corrected chi connectivity index (χ4v) is 1.13. The normalized spacial score (nSPS) is 11.4. The van der Waals surface area contributed by atoms with Gasteiger partial charge in [-0.2, -0.15) is 0 Å². The number of hydrogen-bond donors (Lipinski definition) is 1. The van der Waals surface area contributed by atoms with Gasteiger partial charge in [0, 0.05) is 11.4 Å². The number of carbonyl (C=O) groups is 1. The van der Waals surface area contributed by atoms with Crippen molar-refractivity contribution in [3.05, 3.63) is 23.1 Å². The molecule has 78 valence electrons. The number of hydrogen-bond acceptors (Lipinski definition) is 2. The highest BCUT2D eigenvalue weighted by Gasteiger charge is 2.22. The molecule has 0 aliphatic rings. The largest absolute Gasteiger partial charge is 0.452 e. The van der Waals surface area contributed by atoms with E-state index in [4.69, 9.17) is 27.6 Å². The maximum absolute atomic E-state index is 11.6. The summed E-state index contributed by atoms with van der Waals surface area (Å²) in [5, 5.41) is 2.82. The molecule has 0 radical (unpaired) electrons. The van der Waals surface area contributed by atoms with Crippen molar-refractivity contribution in [2.45, 2.75) is 19.4 Å². The summed E-state index contributed by atoms with van der Waals surface area (Å²) < 4.78 is 4.81. The number of carbonyl (C=O) groups excluding carboxylic acids is 1. The standard InChI is InChI=1S/C9H11Cl2NO2/c1-9(2,5-10)12-8(13)6-3-4-14-7(6)11/h3-4H,5H2,1-2H3,(H,12,13). The number of furan rings is 1. The first-order chi connectivity index (χ1) is 6.46. The van der Waals surface area contributed by atoms with Gasteiger partial charge in [-0.05, 0) is 31.5 Å². The number of rotatable bonds is 3. The van der Waals surface area contributed by atoms with E-state index in [0.29, 0.717) is 11.4 Å². The molecule has 1 amide bonds. The van der Waals surface area contributed by atoms with E-state index in [1.807, 2.05) is 13.8 Å². The van der Waals surface area contributed by atoms with Gasteiger partial charge in [0.1, 0.15) is 0 Å². The molecule has 0 saturated heterocycles. The fourth-order valence-electron chi connectivity index (χ4n) is 0.864. The van der Waals surface area contributed by atoms with Crippen molar-refractivity contribution >= 4 is 29.1 Å². The van der Waals surface area contributed by atoms with E-state index >= 15 is 0 Å². The zero-order valence-electron chi connectivity index (χ0n) is 7.93. The summed E-state index contributed by atoms with van der Waals surface area (Å²) >= 11 is 11.3. The summed E-state index contributed by atoms with van der Waals surface area (Å²) in [5.74, 6) is 0.0446. The third kappa shape index (κ3) is 2.66. The first kappa shape index (κ1) is 11.4. The van der Waals surface area contributed by atoms with Crippen molar-refractivity contribution in [2.75, 3.05) is 5.88 Å². The quantitative estimate of drug-likeness (QED) is 0.819. The number of alkyl halides is 1. The van der Waals surface area contributed by atoms with Gasteiger partial charge in [0.15, 0.2) is 0 Å². The van der Waals surface area contributed by atoms with Crippen LogP contribution in [0.1, 0.15) is 24.2 Å². The van der Waals surface area contributed by atoms with Gasteiger partial charge in [0.2, 0.25) is 5.22 Å². The van der Waals surface area contributed by atoms with Crippen LogP contribution < -0.4 is 5.32 Å². The second-order valence-corrected chi connectivity index (χ2v) is 4.19. The highest BCUT2D eigenvalue weighted by atomic mass is 35.5. The Bertz CT molecular complexity index is 333. The van der Waals surface area contributed by atoms with Gasteiger partial charge in [-0.25, -0.2) is 0 Å². The van der Waals surface area contributed by atoms with Gasteiger partial charge in [-0.3, -0.25) is 4.79 Å². The van der Waals surface area contributed by atoms with E-state index in [1.54, 1.807) is 0 Å². The summed E-state index contributed by atoms with van der Waals surface area (Å²) in [6, 6.07) is 1.52. The highest BCUT2D eigenvalue weighted by Crippen LogP contribution is 2.17. The average Bonchev–Trinajstić information content (AvgIpc) is 2.51. The van der Waals surface area contributed by atoms with Crippen molar-refractivity contribution in [3.63, 3.8) is 0 Å². The zero-order chi connectivity index (χ0) is 10.8. The van der Waals surface area contributed by atoms with E-state index in [1.165, 1.54) is 12.3 Å². The summed E-state index contributed by atoms with van der Waals surface area (Å²) in [6.07, 6.45) is 1.37. The molecule has 0 aliphatic carbocycles. The molecular formula is C9H11Cl2NO2. The van der Waals surface area contributed by atoms with Gasteiger partial charge >= 0.3 is 0 Å². The summed E-state index contributed by atoms with van der Waals surface area (Å²) in [5.41, 5.74) is -0.135. The number of amides is 1. The van der Waals surface area contributed by atoms with Crippen LogP contribution in [0, 0.1) is 0 Å². The Morgan fingerprint density at radius 3 is 2.71 bits per heavy atom. The molecule has 0 fully saturated rings. The lowest BCUT2D eigenvalue weighted by Crippen LogP contribution is -2.44. The van der Waals surface area contributed by atoms with E-state index in [0.717, 1.165) is 0 Å². The summed E-state index contributed by atoms with van der Waals surface area (Å²) in [7, 11) is 0. The lowest BCUT2D eigenvalue weighted by atomic mass is 10.1. The van der Waals surface area contributed by atoms with E-state index < -0.39 is 5.54 Å². The smallest absolute Gasteiger partial charge is 0.256 e. The first-order valence-electron chi connectivity index (χ1n) is 4.08. The Morgan fingerprint density at radius 1 is 1.64 bits per heavy atom. The molecule has 1 aromatic heterocycles. The molecule has 0 unspecified atom stereocenters. The molecule has 0 bridgehead atoms. The van der Waals surface area contributed by atoms with E-state index in [9.17, 15) is 4.79 Å². The molecule has 0 aliphatic heterocycles. The molecule has 1 N–H and O–H groups in total. The Hall–Kier alpha value is -0.670. The Balaban J connectivity index is 2.73. The van der Waals surface area contributed by atoms with Crippen molar-refractivity contribution in [1.29, 1.82) is 0 Å². The minimum atomic E-state index is -0.459. The molecule has 1 aromatic rings. The third-order valence-corrected chi connectivity index (χ3v) is 2.61. The van der Waals surface area contributed by atoms with Gasteiger partial charge in [0.25, 0.3) is 5.91 Å². The SMILES string of the molecule is CC(C)(CCl)NC(=O)c1ccoc1Cl. The van der Waals surface area contributed by atoms with Crippen LogP contribution >= 0.6 is 23.2 Å². The van der Waals surface area contributed by atoms with Gasteiger partial charge in [0.05, 0.1) is 11.8 Å². The lowest BCUT2D eigenvalue weighted by molar-refractivity contribution is 0.0920. The lowest BCUT2D eigenvalue weighted by Gasteiger charge is -2.22. The van der Waals surface area contributed by atoms with Crippen LogP contribution in [0.3, 0.4) is 0 Å². The van der Waals surface area contributed by atoms with Crippen LogP contribution in [0.2, 0.25) is 5.22 Å². The average molecular weight is 236 g/mol. The maximum atomic E-state index is 11.6. The van der Waals surface area contributed by atoms with E-state index in [-0.39, 0.29) is 11.1 Å². The molecule has 1 rings (SSSR count). The number of halogens is 2. The predicted molar refractivity (Wildman–Crippen MR) is 56.0 cm³/mol. The second-order valence-electron chi connectivity index (χ2n) is 3.58. The predicted octanol–water partition coefficient (Wildman–Crippen LogP) is 2.68. The molecule has 14 heavy (non-hydrogen) atoms. The van der Waals surface area contributed by atoms with Crippen LogP contribution in [0.25, 0.3) is 0 Å². The topological polar surface area (TPSA) is 42.2 Å². The van der Waals surface area contributed by atoms with Gasteiger partial charge in [-0.15, -0.1) is 11.6 Å². The molecular weight excluding hydrogens is 225 g/mol. The molecule has 0 spiro atoms. The van der Waals surface area contributed by atoms with Gasteiger partial charge in [-0.1, -0.05) is 0 Å².